The van der Waals surface area contributed by atoms with Gasteiger partial charge in [-0.05, 0) is 36.1 Å². The summed E-state index contributed by atoms with van der Waals surface area (Å²) < 4.78 is 2.28. The number of pyridine rings is 1. The minimum absolute atomic E-state index is 1.29. The molecule has 0 radical (unpaired) electrons. The first-order valence-electron chi connectivity index (χ1n) is 6.23. The average Bonchev–Trinajstić information content (AvgIpc) is 2.79. The topological polar surface area (TPSA) is 4.41 Å². The van der Waals surface area contributed by atoms with Gasteiger partial charge >= 0.3 is 0 Å². The summed E-state index contributed by atoms with van der Waals surface area (Å²) in [6.07, 6.45) is 2.17. The molecule has 4 aromatic rings. The van der Waals surface area contributed by atoms with Crippen molar-refractivity contribution in [3.8, 4) is 0 Å². The number of hydrogen-bond acceptors (Lipinski definition) is 0. The number of benzene rings is 2. The van der Waals surface area contributed by atoms with Crippen molar-refractivity contribution < 1.29 is 0 Å². The third-order valence-corrected chi connectivity index (χ3v) is 3.74. The van der Waals surface area contributed by atoms with Crippen LogP contribution in [0.15, 0.2) is 60.8 Å². The fraction of sp³-hybridized carbons (Fsp3) is 0.0588. The zero-order valence-corrected chi connectivity index (χ0v) is 10.2. The lowest BCUT2D eigenvalue weighted by Crippen LogP contribution is -1.84. The van der Waals surface area contributed by atoms with Crippen molar-refractivity contribution in [2.75, 3.05) is 0 Å². The molecule has 2 heterocycles. The van der Waals surface area contributed by atoms with Crippen LogP contribution in [0.3, 0.4) is 0 Å². The first-order chi connectivity index (χ1) is 8.84. The maximum absolute atomic E-state index is 2.30. The van der Waals surface area contributed by atoms with Crippen LogP contribution in [-0.2, 0) is 0 Å². The van der Waals surface area contributed by atoms with Crippen molar-refractivity contribution in [1.82, 2.24) is 4.40 Å². The first kappa shape index (κ1) is 9.72. The third kappa shape index (κ3) is 1.16. The fourth-order valence-electron chi connectivity index (χ4n) is 2.80. The molecular formula is C17H13N. The van der Waals surface area contributed by atoms with E-state index in [0.29, 0.717) is 0 Å². The average molecular weight is 231 g/mol. The largest absolute Gasteiger partial charge is 0.316 e. The highest BCUT2D eigenvalue weighted by molar-refractivity contribution is 6.02. The van der Waals surface area contributed by atoms with E-state index in [-0.39, 0.29) is 0 Å². The Bertz CT molecular complexity index is 884. The first-order valence-corrected chi connectivity index (χ1v) is 6.23. The van der Waals surface area contributed by atoms with Crippen LogP contribution in [-0.4, -0.2) is 4.40 Å². The zero-order chi connectivity index (χ0) is 12.1. The molecule has 0 aliphatic carbocycles. The smallest absolute Gasteiger partial charge is 0.0540 e. The van der Waals surface area contributed by atoms with E-state index in [9.17, 15) is 0 Å². The van der Waals surface area contributed by atoms with Crippen molar-refractivity contribution in [1.29, 1.82) is 0 Å². The highest BCUT2D eigenvalue weighted by atomic mass is 14.9. The predicted molar refractivity (Wildman–Crippen MR) is 77.1 cm³/mol. The van der Waals surface area contributed by atoms with Gasteiger partial charge in [-0.25, -0.2) is 0 Å². The summed E-state index contributed by atoms with van der Waals surface area (Å²) >= 11 is 0. The van der Waals surface area contributed by atoms with Crippen molar-refractivity contribution in [3.63, 3.8) is 0 Å². The normalized spacial score (nSPS) is 11.6. The maximum Gasteiger partial charge on any atom is 0.0540 e. The van der Waals surface area contributed by atoms with Crippen molar-refractivity contribution in [2.24, 2.45) is 0 Å². The van der Waals surface area contributed by atoms with Gasteiger partial charge in [0.05, 0.1) is 11.0 Å². The Kier molecular flexibility index (Phi) is 1.81. The van der Waals surface area contributed by atoms with Crippen LogP contribution in [0.2, 0.25) is 0 Å². The monoisotopic (exact) mass is 231 g/mol. The molecular weight excluding hydrogens is 218 g/mol. The molecule has 0 spiro atoms. The maximum atomic E-state index is 2.30. The van der Waals surface area contributed by atoms with Gasteiger partial charge in [0.15, 0.2) is 0 Å². The predicted octanol–water partition coefficient (Wildman–Crippen LogP) is 4.55. The number of nitrogens with zero attached hydrogens (tertiary/aromatic N) is 1. The van der Waals surface area contributed by atoms with Gasteiger partial charge in [-0.15, -0.1) is 0 Å². The van der Waals surface area contributed by atoms with Crippen molar-refractivity contribution in [2.45, 2.75) is 6.92 Å². The summed E-state index contributed by atoms with van der Waals surface area (Å²) in [5.41, 5.74) is 3.91. The molecule has 2 aromatic carbocycles. The number of rotatable bonds is 0. The van der Waals surface area contributed by atoms with E-state index in [1.807, 2.05) is 0 Å². The standard InChI is InChI=1S/C17H13N/c1-12-5-4-8-16-15(12)11-17-14-7-3-2-6-13(14)9-10-18(16)17/h2-11H,1H3. The van der Waals surface area contributed by atoms with Gasteiger partial charge in [0.1, 0.15) is 0 Å². The molecule has 86 valence electrons. The molecule has 0 unspecified atom stereocenters. The van der Waals surface area contributed by atoms with E-state index in [1.165, 1.54) is 32.8 Å². The van der Waals surface area contributed by atoms with Gasteiger partial charge in [0.2, 0.25) is 0 Å². The van der Waals surface area contributed by atoms with Crippen LogP contribution in [0.5, 0.6) is 0 Å². The van der Waals surface area contributed by atoms with Crippen LogP contribution in [0, 0.1) is 6.92 Å². The summed E-state index contributed by atoms with van der Waals surface area (Å²) in [5, 5.41) is 3.95. The molecule has 1 heteroatoms. The van der Waals surface area contributed by atoms with E-state index in [0.717, 1.165) is 0 Å². The summed E-state index contributed by atoms with van der Waals surface area (Å²) in [5.74, 6) is 0. The van der Waals surface area contributed by atoms with E-state index >= 15 is 0 Å². The Morgan fingerprint density at radius 2 is 1.67 bits per heavy atom. The van der Waals surface area contributed by atoms with Crippen LogP contribution in [0.25, 0.3) is 27.2 Å². The van der Waals surface area contributed by atoms with E-state index in [1.54, 1.807) is 0 Å². The summed E-state index contributed by atoms with van der Waals surface area (Å²) in [6.45, 7) is 2.17. The Balaban J connectivity index is 2.33. The number of aromatic nitrogens is 1. The molecule has 4 rings (SSSR count). The van der Waals surface area contributed by atoms with Gasteiger partial charge in [0.25, 0.3) is 0 Å². The van der Waals surface area contributed by atoms with Gasteiger partial charge < -0.3 is 4.40 Å². The molecule has 2 aromatic heterocycles. The lowest BCUT2D eigenvalue weighted by molar-refractivity contribution is 1.27. The number of fused-ring (bicyclic) bond motifs is 5. The Morgan fingerprint density at radius 1 is 0.778 bits per heavy atom. The Morgan fingerprint density at radius 3 is 2.61 bits per heavy atom. The molecule has 0 aliphatic heterocycles. The molecule has 0 atom stereocenters. The van der Waals surface area contributed by atoms with Crippen LogP contribution < -0.4 is 0 Å². The SMILES string of the molecule is Cc1cccc2c1cc1c3ccccc3ccn21. The summed E-state index contributed by atoms with van der Waals surface area (Å²) in [6, 6.07) is 19.5. The molecule has 0 amide bonds. The highest BCUT2D eigenvalue weighted by Crippen LogP contribution is 2.28. The van der Waals surface area contributed by atoms with Gasteiger partial charge in [0, 0.05) is 17.0 Å². The minimum atomic E-state index is 1.29. The molecule has 0 aliphatic rings. The molecule has 1 nitrogen and oxygen atoms in total. The lowest BCUT2D eigenvalue weighted by Gasteiger charge is -2.02. The molecule has 0 saturated carbocycles. The van der Waals surface area contributed by atoms with Crippen LogP contribution >= 0.6 is 0 Å². The number of hydrogen-bond donors (Lipinski definition) is 0. The van der Waals surface area contributed by atoms with Gasteiger partial charge in [-0.1, -0.05) is 36.4 Å². The molecule has 18 heavy (non-hydrogen) atoms. The minimum Gasteiger partial charge on any atom is -0.316 e. The molecule has 0 bridgehead atoms. The molecule has 0 N–H and O–H groups in total. The van der Waals surface area contributed by atoms with E-state index in [4.69, 9.17) is 0 Å². The highest BCUT2D eigenvalue weighted by Gasteiger charge is 2.06. The molecule has 0 saturated heterocycles. The summed E-state index contributed by atoms with van der Waals surface area (Å²) in [7, 11) is 0. The van der Waals surface area contributed by atoms with Gasteiger partial charge in [-0.3, -0.25) is 0 Å². The van der Waals surface area contributed by atoms with E-state index < -0.39 is 0 Å². The third-order valence-electron chi connectivity index (χ3n) is 3.74. The Hall–Kier alpha value is -2.28. The lowest BCUT2D eigenvalue weighted by atomic mass is 10.1. The van der Waals surface area contributed by atoms with Gasteiger partial charge in [-0.2, -0.15) is 0 Å². The second-order valence-corrected chi connectivity index (χ2v) is 4.81. The second kappa shape index (κ2) is 3.36. The quantitative estimate of drug-likeness (QED) is 0.418. The van der Waals surface area contributed by atoms with Crippen LogP contribution in [0.4, 0.5) is 0 Å². The number of aryl methyl sites for hydroxylation is 1. The zero-order valence-electron chi connectivity index (χ0n) is 10.2. The second-order valence-electron chi connectivity index (χ2n) is 4.81. The Labute approximate surface area is 105 Å². The van der Waals surface area contributed by atoms with E-state index in [2.05, 4.69) is 72.1 Å². The molecule has 0 fully saturated rings. The summed E-state index contributed by atoms with van der Waals surface area (Å²) in [4.78, 5) is 0. The fourth-order valence-corrected chi connectivity index (χ4v) is 2.80. The van der Waals surface area contributed by atoms with Crippen molar-refractivity contribution in [3.05, 3.63) is 66.4 Å². The van der Waals surface area contributed by atoms with Crippen molar-refractivity contribution >= 4 is 27.2 Å². The van der Waals surface area contributed by atoms with Crippen LogP contribution in [0.1, 0.15) is 5.56 Å².